The molecule has 0 saturated carbocycles. The summed E-state index contributed by atoms with van der Waals surface area (Å²) in [5.74, 6) is -0.551. The smallest absolute Gasteiger partial charge is 0.456 e. The molecule has 0 bridgehead atoms. The lowest BCUT2D eigenvalue weighted by Crippen LogP contribution is -2.47. The first kappa shape index (κ1) is 64.2. The molecule has 9 nitrogen and oxygen atoms in total. The normalized spacial score (nSPS) is 14.6. The highest BCUT2D eigenvalue weighted by molar-refractivity contribution is 7.47. The molecular weight excluding hydrogens is 856 g/mol. The third-order valence-electron chi connectivity index (χ3n) is 11.4. The molecule has 2 N–H and O–H groups in total. The van der Waals surface area contributed by atoms with Crippen LogP contribution >= 0.6 is 7.82 Å². The standard InChI is InChI=1S/C57H101N2O7P/c1-7-10-13-16-19-22-25-28-29-30-32-34-37-40-43-46-49-56(60)58-54(53-65-67(62,63)64-52-51-59(4,5)6)55(48-45-42-39-36-33-27-24-21-18-15-12-9-3)66-57(61)50-47-44-41-38-35-31-26-23-20-17-14-11-8-2/h10-11,13-14,17,19-20,22-23,26,28-29,45,48,54-55H,7-9,12,15-16,18,21,24-25,27,30-44,46-47,49-53H2,1-6H3,(H-,58,60,62,63)/p+1/b13-10+,14-11+,20-17+,22-19+,26-23-,29-28+,48-45+. The highest BCUT2D eigenvalue weighted by Gasteiger charge is 2.30. The number of nitrogens with zero attached hydrogens (tertiary/aromatic N) is 1. The number of nitrogens with one attached hydrogen (secondary N) is 1. The lowest BCUT2D eigenvalue weighted by molar-refractivity contribution is -0.870. The van der Waals surface area contributed by atoms with E-state index < -0.39 is 20.0 Å². The quantitative estimate of drug-likeness (QED) is 0.0156. The molecule has 0 aliphatic heterocycles. The number of quaternary nitrogens is 1. The monoisotopic (exact) mass is 958 g/mol. The third-order valence-corrected chi connectivity index (χ3v) is 12.4. The van der Waals surface area contributed by atoms with Gasteiger partial charge in [0.2, 0.25) is 5.91 Å². The van der Waals surface area contributed by atoms with Gasteiger partial charge in [-0.15, -0.1) is 0 Å². The van der Waals surface area contributed by atoms with Gasteiger partial charge >= 0.3 is 13.8 Å². The molecule has 0 radical (unpaired) electrons. The van der Waals surface area contributed by atoms with Gasteiger partial charge in [0.1, 0.15) is 19.3 Å². The molecule has 0 rings (SSSR count). The predicted octanol–water partition coefficient (Wildman–Crippen LogP) is 15.9. The topological polar surface area (TPSA) is 111 Å². The Morgan fingerprint density at radius 3 is 1.60 bits per heavy atom. The third kappa shape index (κ3) is 48.0. The Labute approximate surface area is 412 Å². The molecule has 67 heavy (non-hydrogen) atoms. The van der Waals surface area contributed by atoms with Crippen molar-refractivity contribution in [2.45, 2.75) is 226 Å². The molecule has 0 aliphatic carbocycles. The number of rotatable bonds is 47. The molecule has 0 aromatic carbocycles. The molecule has 0 aromatic heterocycles. The number of hydrogen-bond donors (Lipinski definition) is 2. The van der Waals surface area contributed by atoms with Crippen molar-refractivity contribution in [1.29, 1.82) is 0 Å². The summed E-state index contributed by atoms with van der Waals surface area (Å²) < 4.78 is 30.5. The molecule has 386 valence electrons. The van der Waals surface area contributed by atoms with Crippen LogP contribution in [0.5, 0.6) is 0 Å². The van der Waals surface area contributed by atoms with E-state index in [9.17, 15) is 19.0 Å². The van der Waals surface area contributed by atoms with Crippen LogP contribution in [-0.4, -0.2) is 74.3 Å². The van der Waals surface area contributed by atoms with Crippen molar-refractivity contribution in [2.75, 3.05) is 40.9 Å². The fraction of sp³-hybridized carbons (Fsp3) is 0.719. The Hall–Kier alpha value is -2.81. The van der Waals surface area contributed by atoms with Crippen molar-refractivity contribution >= 4 is 19.7 Å². The predicted molar refractivity (Wildman–Crippen MR) is 286 cm³/mol. The largest absolute Gasteiger partial charge is 0.472 e. The van der Waals surface area contributed by atoms with Gasteiger partial charge < -0.3 is 19.4 Å². The summed E-state index contributed by atoms with van der Waals surface area (Å²) in [5.41, 5.74) is 0. The Kier molecular flexibility index (Phi) is 44.9. The Bertz CT molecular complexity index is 1430. The molecule has 10 heteroatoms. The Balaban J connectivity index is 5.45. The van der Waals surface area contributed by atoms with Crippen LogP contribution in [0.2, 0.25) is 0 Å². The number of carbonyl (C=O) groups is 2. The minimum absolute atomic E-state index is 0.0299. The fourth-order valence-corrected chi connectivity index (χ4v) is 7.98. The first-order valence-corrected chi connectivity index (χ1v) is 28.4. The number of esters is 1. The zero-order chi connectivity index (χ0) is 49.4. The maximum Gasteiger partial charge on any atom is 0.472 e. The van der Waals surface area contributed by atoms with E-state index in [0.717, 1.165) is 122 Å². The van der Waals surface area contributed by atoms with Crippen LogP contribution in [0, 0.1) is 0 Å². The summed E-state index contributed by atoms with van der Waals surface area (Å²) in [5, 5.41) is 3.03. The van der Waals surface area contributed by atoms with E-state index >= 15 is 0 Å². The van der Waals surface area contributed by atoms with E-state index in [1.54, 1.807) is 0 Å². The van der Waals surface area contributed by atoms with Crippen LogP contribution in [0.3, 0.4) is 0 Å². The number of amides is 1. The number of hydrogen-bond acceptors (Lipinski definition) is 6. The van der Waals surface area contributed by atoms with Crippen LogP contribution in [0.4, 0.5) is 0 Å². The van der Waals surface area contributed by atoms with Gasteiger partial charge in [0.15, 0.2) is 0 Å². The van der Waals surface area contributed by atoms with Gasteiger partial charge in [-0.25, -0.2) is 4.57 Å². The first-order valence-electron chi connectivity index (χ1n) is 26.9. The average Bonchev–Trinajstić information content (AvgIpc) is 3.28. The number of unbranched alkanes of at least 4 members (excludes halogenated alkanes) is 21. The zero-order valence-electron chi connectivity index (χ0n) is 43.9. The maximum atomic E-state index is 13.5. The second-order valence-electron chi connectivity index (χ2n) is 19.0. The second kappa shape index (κ2) is 46.9. The van der Waals surface area contributed by atoms with Gasteiger partial charge in [0.25, 0.3) is 0 Å². The van der Waals surface area contributed by atoms with Crippen molar-refractivity contribution in [3.8, 4) is 0 Å². The van der Waals surface area contributed by atoms with Crippen molar-refractivity contribution < 1.29 is 37.3 Å². The molecule has 0 fully saturated rings. The summed E-state index contributed by atoms with van der Waals surface area (Å²) in [6.45, 7) is 6.72. The SMILES string of the molecule is CC/C=C/C=C/C=C\CCCCCCCC(=O)OC(/C=C/CCCCCCCCCCCC)C(COP(=O)(O)OCC[N+](C)(C)C)NC(=O)CCCCCCCC/C=C/C/C=C/C/C=C/CC. The van der Waals surface area contributed by atoms with E-state index in [1.165, 1.54) is 51.4 Å². The van der Waals surface area contributed by atoms with Crippen molar-refractivity contribution in [3.05, 3.63) is 85.1 Å². The van der Waals surface area contributed by atoms with Gasteiger partial charge in [-0.1, -0.05) is 202 Å². The summed E-state index contributed by atoms with van der Waals surface area (Å²) in [6.07, 6.45) is 60.0. The average molecular weight is 958 g/mol. The van der Waals surface area contributed by atoms with Gasteiger partial charge in [0.05, 0.1) is 33.8 Å². The molecule has 3 unspecified atom stereocenters. The van der Waals surface area contributed by atoms with E-state index in [2.05, 4.69) is 92.9 Å². The fourth-order valence-electron chi connectivity index (χ4n) is 7.25. The van der Waals surface area contributed by atoms with Crippen molar-refractivity contribution in [3.63, 3.8) is 0 Å². The molecule has 1 amide bonds. The number of phosphoric acid groups is 1. The summed E-state index contributed by atoms with van der Waals surface area (Å²) in [6, 6.07) is -0.866. The highest BCUT2D eigenvalue weighted by atomic mass is 31.2. The molecule has 0 spiro atoms. The number of allylic oxidation sites excluding steroid dienone is 13. The number of carbonyl (C=O) groups excluding carboxylic acids is 2. The van der Waals surface area contributed by atoms with E-state index in [4.69, 9.17) is 13.8 Å². The Morgan fingerprint density at radius 1 is 0.552 bits per heavy atom. The molecule has 3 atom stereocenters. The lowest BCUT2D eigenvalue weighted by atomic mass is 10.0. The lowest BCUT2D eigenvalue weighted by Gasteiger charge is -2.27. The van der Waals surface area contributed by atoms with Crippen LogP contribution in [0.15, 0.2) is 85.1 Å². The number of ether oxygens (including phenoxy) is 1. The van der Waals surface area contributed by atoms with Crippen molar-refractivity contribution in [1.82, 2.24) is 5.32 Å². The maximum absolute atomic E-state index is 13.5. The molecular formula is C57H102N2O7P+. The van der Waals surface area contributed by atoms with Crippen LogP contribution in [-0.2, 0) is 27.9 Å². The number of phosphoric ester groups is 1. The zero-order valence-corrected chi connectivity index (χ0v) is 44.8. The van der Waals surface area contributed by atoms with Gasteiger partial charge in [-0.05, 0) is 83.1 Å². The Morgan fingerprint density at radius 2 is 1.03 bits per heavy atom. The summed E-state index contributed by atoms with van der Waals surface area (Å²) in [4.78, 5) is 37.5. The van der Waals surface area contributed by atoms with E-state index in [0.29, 0.717) is 23.9 Å². The van der Waals surface area contributed by atoms with Crippen LogP contribution in [0.25, 0.3) is 0 Å². The van der Waals surface area contributed by atoms with Gasteiger partial charge in [-0.2, -0.15) is 0 Å². The van der Waals surface area contributed by atoms with E-state index in [1.807, 2.05) is 39.4 Å². The van der Waals surface area contributed by atoms with Crippen LogP contribution < -0.4 is 5.32 Å². The van der Waals surface area contributed by atoms with E-state index in [-0.39, 0.29) is 31.5 Å². The first-order chi connectivity index (χ1) is 32.4. The number of likely N-dealkylation sites (N-methyl/N-ethyl adjacent to an activating group) is 1. The van der Waals surface area contributed by atoms with Gasteiger partial charge in [0, 0.05) is 12.8 Å². The highest BCUT2D eigenvalue weighted by Crippen LogP contribution is 2.43. The second-order valence-corrected chi connectivity index (χ2v) is 20.5. The summed E-state index contributed by atoms with van der Waals surface area (Å²) >= 11 is 0. The molecule has 0 aliphatic rings. The minimum Gasteiger partial charge on any atom is -0.456 e. The molecule has 0 aromatic rings. The van der Waals surface area contributed by atoms with Gasteiger partial charge in [-0.3, -0.25) is 18.6 Å². The molecule has 0 heterocycles. The summed E-state index contributed by atoms with van der Waals surface area (Å²) in [7, 11) is 1.46. The minimum atomic E-state index is -4.45. The molecule has 0 saturated heterocycles. The van der Waals surface area contributed by atoms with Crippen molar-refractivity contribution in [2.24, 2.45) is 0 Å². The van der Waals surface area contributed by atoms with Crippen LogP contribution in [0.1, 0.15) is 213 Å².